The van der Waals surface area contributed by atoms with Gasteiger partial charge < -0.3 is 14.0 Å². The molecule has 2 aromatic heterocycles. The van der Waals surface area contributed by atoms with Crippen molar-refractivity contribution in [3.63, 3.8) is 0 Å². The quantitative estimate of drug-likeness (QED) is 0.369. The Kier molecular flexibility index (Phi) is 6.51. The van der Waals surface area contributed by atoms with Gasteiger partial charge in [0.2, 0.25) is 0 Å². The first-order valence-corrected chi connectivity index (χ1v) is 12.6. The fraction of sp³-hybridized carbons (Fsp3) is 0.214. The molecule has 0 saturated heterocycles. The van der Waals surface area contributed by atoms with E-state index in [0.717, 1.165) is 22.0 Å². The SMILES string of the molecule is CCOC(=O)C1=C(C)N=c2s/c(=C\c3cn(CC#N)c4ccccc34)c(=O)n2C1c1cccc(OC)c1. The first-order chi connectivity index (χ1) is 18.0. The van der Waals surface area contributed by atoms with Crippen LogP contribution in [0.15, 0.2) is 75.8 Å². The first-order valence-electron chi connectivity index (χ1n) is 11.7. The third-order valence-electron chi connectivity index (χ3n) is 6.27. The molecule has 1 atom stereocenters. The highest BCUT2D eigenvalue weighted by Gasteiger charge is 2.33. The average molecular weight is 513 g/mol. The molecule has 4 aromatic rings. The fourth-order valence-electron chi connectivity index (χ4n) is 4.66. The van der Waals surface area contributed by atoms with Crippen molar-refractivity contribution in [2.24, 2.45) is 4.99 Å². The second-order valence-corrected chi connectivity index (χ2v) is 9.48. The Morgan fingerprint density at radius 3 is 2.81 bits per heavy atom. The van der Waals surface area contributed by atoms with Gasteiger partial charge in [-0.15, -0.1) is 0 Å². The number of hydrogen-bond acceptors (Lipinski definition) is 7. The third kappa shape index (κ3) is 4.26. The molecule has 8 nitrogen and oxygen atoms in total. The zero-order chi connectivity index (χ0) is 26.1. The van der Waals surface area contributed by atoms with Crippen molar-refractivity contribution in [2.75, 3.05) is 13.7 Å². The number of allylic oxidation sites excluding steroid dienone is 1. The molecule has 0 aliphatic carbocycles. The predicted octanol–water partition coefficient (Wildman–Crippen LogP) is 3.29. The summed E-state index contributed by atoms with van der Waals surface area (Å²) in [6.45, 7) is 3.91. The van der Waals surface area contributed by atoms with Gasteiger partial charge in [0, 0.05) is 22.7 Å². The number of aromatic nitrogens is 2. The number of ether oxygens (including phenoxy) is 2. The molecule has 0 bridgehead atoms. The van der Waals surface area contributed by atoms with Crippen molar-refractivity contribution >= 4 is 34.3 Å². The number of esters is 1. The van der Waals surface area contributed by atoms with Gasteiger partial charge in [0.25, 0.3) is 5.56 Å². The molecule has 1 unspecified atom stereocenters. The summed E-state index contributed by atoms with van der Waals surface area (Å²) in [5, 5.41) is 10.2. The van der Waals surface area contributed by atoms with Gasteiger partial charge in [-0.25, -0.2) is 9.79 Å². The Balaban J connectivity index is 1.75. The van der Waals surface area contributed by atoms with Gasteiger partial charge in [0.05, 0.1) is 41.6 Å². The molecule has 37 heavy (non-hydrogen) atoms. The number of nitrogens with zero attached hydrogens (tertiary/aromatic N) is 4. The van der Waals surface area contributed by atoms with Gasteiger partial charge in [-0.3, -0.25) is 9.36 Å². The van der Waals surface area contributed by atoms with E-state index in [1.807, 2.05) is 65.4 Å². The summed E-state index contributed by atoms with van der Waals surface area (Å²) in [6.07, 6.45) is 3.70. The van der Waals surface area contributed by atoms with E-state index >= 15 is 0 Å². The van der Waals surface area contributed by atoms with Crippen LogP contribution >= 0.6 is 11.3 Å². The van der Waals surface area contributed by atoms with E-state index in [9.17, 15) is 14.9 Å². The molecule has 0 fully saturated rings. The molecule has 3 heterocycles. The number of rotatable bonds is 6. The lowest BCUT2D eigenvalue weighted by atomic mass is 9.95. The first kappa shape index (κ1) is 24.3. The predicted molar refractivity (Wildman–Crippen MR) is 141 cm³/mol. The number of thiazole rings is 1. The standard InChI is InChI=1S/C28H24N4O4S/c1-4-36-27(34)24-17(2)30-28-32(25(24)18-8-7-9-20(14-18)35-3)26(33)23(37-28)15-19-16-31(13-12-29)22-11-6-5-10-21(19)22/h5-11,14-16,25H,4,13H2,1-3H3/b23-15-. The molecular formula is C28H24N4O4S. The lowest BCUT2D eigenvalue weighted by molar-refractivity contribution is -0.139. The number of carbonyl (C=O) groups excluding carboxylic acids is 1. The van der Waals surface area contributed by atoms with E-state index < -0.39 is 12.0 Å². The summed E-state index contributed by atoms with van der Waals surface area (Å²) in [6, 6.07) is 16.5. The van der Waals surface area contributed by atoms with Gasteiger partial charge >= 0.3 is 5.97 Å². The van der Waals surface area contributed by atoms with Gasteiger partial charge in [-0.2, -0.15) is 5.26 Å². The molecule has 0 saturated carbocycles. The molecule has 1 aliphatic heterocycles. The van der Waals surface area contributed by atoms with Gasteiger partial charge in [-0.05, 0) is 43.7 Å². The van der Waals surface area contributed by atoms with Crippen LogP contribution in [0, 0.1) is 11.3 Å². The van der Waals surface area contributed by atoms with Crippen LogP contribution in [0.1, 0.15) is 31.0 Å². The van der Waals surface area contributed by atoms with Crippen molar-refractivity contribution < 1.29 is 14.3 Å². The van der Waals surface area contributed by atoms with Crippen LogP contribution in [0.5, 0.6) is 5.75 Å². The number of carbonyl (C=O) groups is 1. The molecule has 186 valence electrons. The van der Waals surface area contributed by atoms with Crippen LogP contribution in [-0.2, 0) is 16.1 Å². The molecule has 2 aromatic carbocycles. The minimum atomic E-state index is -0.715. The molecule has 5 rings (SSSR count). The largest absolute Gasteiger partial charge is 0.497 e. The number of para-hydroxylation sites is 1. The zero-order valence-electron chi connectivity index (χ0n) is 20.6. The number of fused-ring (bicyclic) bond motifs is 2. The number of benzene rings is 2. The highest BCUT2D eigenvalue weighted by atomic mass is 32.1. The van der Waals surface area contributed by atoms with Crippen molar-refractivity contribution in [2.45, 2.75) is 26.4 Å². The molecule has 0 N–H and O–H groups in total. The summed E-state index contributed by atoms with van der Waals surface area (Å²) in [5.41, 5.74) is 3.02. The van der Waals surface area contributed by atoms with E-state index in [1.54, 1.807) is 25.5 Å². The topological polar surface area (TPSA) is 98.6 Å². The smallest absolute Gasteiger partial charge is 0.338 e. The maximum atomic E-state index is 13.9. The Morgan fingerprint density at radius 1 is 1.24 bits per heavy atom. The molecular weight excluding hydrogens is 488 g/mol. The number of methoxy groups -OCH3 is 1. The van der Waals surface area contributed by atoms with Crippen molar-refractivity contribution in [1.29, 1.82) is 5.26 Å². The van der Waals surface area contributed by atoms with Gasteiger partial charge in [-0.1, -0.05) is 41.7 Å². The van der Waals surface area contributed by atoms with Crippen molar-refractivity contribution in [3.05, 3.63) is 96.8 Å². The second kappa shape index (κ2) is 9.91. The Hall–Kier alpha value is -4.42. The number of hydrogen-bond donors (Lipinski definition) is 0. The van der Waals surface area contributed by atoms with Crippen molar-refractivity contribution in [3.8, 4) is 11.8 Å². The summed E-state index contributed by atoms with van der Waals surface area (Å²) in [4.78, 5) is 32.1. The Bertz CT molecular complexity index is 1780. The summed E-state index contributed by atoms with van der Waals surface area (Å²) >= 11 is 1.26. The zero-order valence-corrected chi connectivity index (χ0v) is 21.4. The van der Waals surface area contributed by atoms with E-state index in [1.165, 1.54) is 11.3 Å². The fourth-order valence-corrected chi connectivity index (χ4v) is 5.69. The minimum Gasteiger partial charge on any atom is -0.497 e. The van der Waals surface area contributed by atoms with Crippen LogP contribution in [0.3, 0.4) is 0 Å². The summed E-state index contributed by atoms with van der Waals surface area (Å²) in [5.74, 6) is 0.105. The van der Waals surface area contributed by atoms with Crippen LogP contribution in [0.4, 0.5) is 0 Å². The minimum absolute atomic E-state index is 0.202. The second-order valence-electron chi connectivity index (χ2n) is 8.47. The lowest BCUT2D eigenvalue weighted by Crippen LogP contribution is -2.39. The van der Waals surface area contributed by atoms with Gasteiger partial charge in [0.15, 0.2) is 4.80 Å². The average Bonchev–Trinajstić information content (AvgIpc) is 3.40. The highest BCUT2D eigenvalue weighted by molar-refractivity contribution is 7.07. The Morgan fingerprint density at radius 2 is 2.05 bits per heavy atom. The molecule has 1 aliphatic rings. The number of nitriles is 1. The van der Waals surface area contributed by atoms with E-state index in [2.05, 4.69) is 11.1 Å². The van der Waals surface area contributed by atoms with E-state index in [4.69, 9.17) is 9.47 Å². The van der Waals surface area contributed by atoms with Crippen molar-refractivity contribution in [1.82, 2.24) is 9.13 Å². The van der Waals surface area contributed by atoms with Crippen LogP contribution < -0.4 is 19.6 Å². The highest BCUT2D eigenvalue weighted by Crippen LogP contribution is 2.32. The third-order valence-corrected chi connectivity index (χ3v) is 7.26. The van der Waals surface area contributed by atoms with E-state index in [-0.39, 0.29) is 18.7 Å². The molecule has 0 radical (unpaired) electrons. The molecule has 0 amide bonds. The van der Waals surface area contributed by atoms with Crippen LogP contribution in [0.25, 0.3) is 17.0 Å². The summed E-state index contributed by atoms with van der Waals surface area (Å²) in [7, 11) is 1.57. The molecule has 0 spiro atoms. The maximum absolute atomic E-state index is 13.9. The lowest BCUT2D eigenvalue weighted by Gasteiger charge is -2.25. The normalized spacial score (nSPS) is 15.3. The Labute approximate surface area is 216 Å². The maximum Gasteiger partial charge on any atom is 0.338 e. The van der Waals surface area contributed by atoms with E-state index in [0.29, 0.717) is 26.4 Å². The molecule has 9 heteroatoms. The van der Waals surface area contributed by atoms with Gasteiger partial charge in [0.1, 0.15) is 12.3 Å². The van der Waals surface area contributed by atoms with Crippen LogP contribution in [-0.4, -0.2) is 28.8 Å². The summed E-state index contributed by atoms with van der Waals surface area (Å²) < 4.78 is 14.7. The monoisotopic (exact) mass is 512 g/mol. The van der Waals surface area contributed by atoms with Crippen LogP contribution in [0.2, 0.25) is 0 Å².